The summed E-state index contributed by atoms with van der Waals surface area (Å²) in [6.45, 7) is 5.47. The molecule has 1 atom stereocenters. The van der Waals surface area contributed by atoms with Gasteiger partial charge >= 0.3 is 0 Å². The van der Waals surface area contributed by atoms with E-state index in [4.69, 9.17) is 26.6 Å². The SMILES string of the molecule is CN=C/C(=C\N)c1oc2c(C(C)Nc3ccc(Cl)nc3C(=O)NOC)cc(C)cc2c(=O)c1C. The molecule has 0 aliphatic carbocycles. The highest BCUT2D eigenvalue weighted by molar-refractivity contribution is 6.29. The molecule has 9 nitrogen and oxygen atoms in total. The number of nitrogens with one attached hydrogen (secondary N) is 2. The fourth-order valence-corrected chi connectivity index (χ4v) is 3.81. The van der Waals surface area contributed by atoms with Gasteiger partial charge < -0.3 is 15.5 Å². The molecular formula is C24H26ClN5O4. The van der Waals surface area contributed by atoms with E-state index in [0.29, 0.717) is 39.1 Å². The van der Waals surface area contributed by atoms with E-state index in [2.05, 4.69) is 20.8 Å². The largest absolute Gasteiger partial charge is 0.455 e. The first-order valence-electron chi connectivity index (χ1n) is 10.4. The van der Waals surface area contributed by atoms with E-state index in [9.17, 15) is 9.59 Å². The van der Waals surface area contributed by atoms with Crippen LogP contribution in [0.3, 0.4) is 0 Å². The Balaban J connectivity index is 2.18. The maximum atomic E-state index is 13.2. The number of carbonyl (C=O) groups is 1. The van der Waals surface area contributed by atoms with Crippen LogP contribution >= 0.6 is 11.6 Å². The van der Waals surface area contributed by atoms with E-state index in [-0.39, 0.29) is 22.3 Å². The van der Waals surface area contributed by atoms with E-state index in [1.54, 1.807) is 32.2 Å². The number of allylic oxidation sites excluding steroid dienone is 1. The zero-order valence-electron chi connectivity index (χ0n) is 19.5. The highest BCUT2D eigenvalue weighted by Gasteiger charge is 2.21. The Kier molecular flexibility index (Phi) is 7.70. The van der Waals surface area contributed by atoms with E-state index in [1.165, 1.54) is 19.5 Å². The molecule has 1 unspecified atom stereocenters. The molecule has 2 aromatic heterocycles. The number of hydrogen-bond donors (Lipinski definition) is 3. The lowest BCUT2D eigenvalue weighted by molar-refractivity contribution is 0.0533. The van der Waals surface area contributed by atoms with Crippen molar-refractivity contribution in [1.29, 1.82) is 0 Å². The fourth-order valence-electron chi connectivity index (χ4n) is 3.66. The number of amides is 1. The second-order valence-electron chi connectivity index (χ2n) is 7.66. The number of aryl methyl sites for hydroxylation is 1. The van der Waals surface area contributed by atoms with Crippen molar-refractivity contribution < 1.29 is 14.0 Å². The molecule has 4 N–H and O–H groups in total. The van der Waals surface area contributed by atoms with E-state index < -0.39 is 5.91 Å². The molecule has 0 saturated heterocycles. The molecule has 0 saturated carbocycles. The van der Waals surface area contributed by atoms with Gasteiger partial charge in [-0.05, 0) is 44.5 Å². The molecule has 34 heavy (non-hydrogen) atoms. The lowest BCUT2D eigenvalue weighted by Crippen LogP contribution is -2.25. The van der Waals surface area contributed by atoms with Gasteiger partial charge in [-0.25, -0.2) is 10.5 Å². The quantitative estimate of drug-likeness (QED) is 0.263. The minimum atomic E-state index is -0.560. The van der Waals surface area contributed by atoms with Gasteiger partial charge in [0.1, 0.15) is 16.5 Å². The van der Waals surface area contributed by atoms with E-state index >= 15 is 0 Å². The summed E-state index contributed by atoms with van der Waals surface area (Å²) in [6, 6.07) is 6.53. The maximum Gasteiger partial charge on any atom is 0.295 e. The minimum absolute atomic E-state index is 0.0589. The van der Waals surface area contributed by atoms with Gasteiger partial charge in [0.2, 0.25) is 0 Å². The number of fused-ring (bicyclic) bond motifs is 1. The van der Waals surface area contributed by atoms with Crippen LogP contribution in [0.1, 0.15) is 45.9 Å². The molecule has 3 aromatic rings. The summed E-state index contributed by atoms with van der Waals surface area (Å²) in [6.07, 6.45) is 2.88. The Bertz CT molecular complexity index is 1360. The second-order valence-corrected chi connectivity index (χ2v) is 8.04. The highest BCUT2D eigenvalue weighted by atomic mass is 35.5. The van der Waals surface area contributed by atoms with Gasteiger partial charge in [-0.2, -0.15) is 0 Å². The number of rotatable bonds is 7. The van der Waals surface area contributed by atoms with Crippen LogP contribution < -0.4 is 22.0 Å². The Hall–Kier alpha value is -3.69. The van der Waals surface area contributed by atoms with Gasteiger partial charge in [-0.15, -0.1) is 0 Å². The monoisotopic (exact) mass is 483 g/mol. The van der Waals surface area contributed by atoms with Crippen molar-refractivity contribution in [3.8, 4) is 0 Å². The Morgan fingerprint density at radius 1 is 1.32 bits per heavy atom. The number of aliphatic imine (C=N–C) groups is 1. The summed E-state index contributed by atoms with van der Waals surface area (Å²) in [7, 11) is 2.93. The van der Waals surface area contributed by atoms with Crippen LogP contribution in [0.4, 0.5) is 5.69 Å². The maximum absolute atomic E-state index is 13.2. The van der Waals surface area contributed by atoms with Crippen LogP contribution in [-0.2, 0) is 4.84 Å². The number of benzene rings is 1. The van der Waals surface area contributed by atoms with Crippen molar-refractivity contribution in [2.24, 2.45) is 10.7 Å². The molecule has 0 aliphatic heterocycles. The number of nitrogens with zero attached hydrogens (tertiary/aromatic N) is 2. The predicted molar refractivity (Wildman–Crippen MR) is 134 cm³/mol. The lowest BCUT2D eigenvalue weighted by Gasteiger charge is -2.20. The standard InChI is InChI=1S/C24H26ClN5O4/c1-12-8-16(14(3)28-18-6-7-19(25)29-20(18)24(32)30-33-5)23-17(9-12)21(31)13(2)22(34-23)15(10-26)11-27-4/h6-11,14,28H,26H2,1-5H3,(H,30,32)/b15-10+,27-11?. The second kappa shape index (κ2) is 10.5. The van der Waals surface area contributed by atoms with Crippen molar-refractivity contribution in [2.75, 3.05) is 19.5 Å². The Morgan fingerprint density at radius 3 is 2.71 bits per heavy atom. The molecule has 1 aromatic carbocycles. The third kappa shape index (κ3) is 4.95. The van der Waals surface area contributed by atoms with Crippen molar-refractivity contribution >= 4 is 46.0 Å². The van der Waals surface area contributed by atoms with E-state index in [0.717, 1.165) is 5.56 Å². The smallest absolute Gasteiger partial charge is 0.295 e. The van der Waals surface area contributed by atoms with Crippen LogP contribution in [0.2, 0.25) is 5.15 Å². The first-order chi connectivity index (χ1) is 16.2. The van der Waals surface area contributed by atoms with Crippen molar-refractivity contribution in [1.82, 2.24) is 10.5 Å². The number of anilines is 1. The van der Waals surface area contributed by atoms with Gasteiger partial charge in [-0.3, -0.25) is 19.4 Å². The predicted octanol–water partition coefficient (Wildman–Crippen LogP) is 3.92. The van der Waals surface area contributed by atoms with Gasteiger partial charge in [0, 0.05) is 30.6 Å². The molecular weight excluding hydrogens is 458 g/mol. The van der Waals surface area contributed by atoms with Crippen LogP contribution in [0.15, 0.2) is 44.7 Å². The van der Waals surface area contributed by atoms with Gasteiger partial charge in [0.25, 0.3) is 5.91 Å². The van der Waals surface area contributed by atoms with Crippen molar-refractivity contribution in [3.05, 3.63) is 74.0 Å². The molecule has 0 aliphatic rings. The summed E-state index contributed by atoms with van der Waals surface area (Å²) in [4.78, 5) is 38.5. The zero-order chi connectivity index (χ0) is 25.0. The van der Waals surface area contributed by atoms with Gasteiger partial charge in [0.15, 0.2) is 11.1 Å². The topological polar surface area (TPSA) is 132 Å². The van der Waals surface area contributed by atoms with Gasteiger partial charge in [-0.1, -0.05) is 17.7 Å². The first kappa shape index (κ1) is 24.9. The molecule has 0 spiro atoms. The summed E-state index contributed by atoms with van der Waals surface area (Å²) >= 11 is 6.00. The van der Waals surface area contributed by atoms with Gasteiger partial charge in [0.05, 0.1) is 29.8 Å². The van der Waals surface area contributed by atoms with Crippen molar-refractivity contribution in [3.63, 3.8) is 0 Å². The average Bonchev–Trinajstić information content (AvgIpc) is 2.81. The molecule has 1 amide bonds. The van der Waals surface area contributed by atoms with Crippen LogP contribution in [0, 0.1) is 13.8 Å². The fraction of sp³-hybridized carbons (Fsp3) is 0.250. The summed E-state index contributed by atoms with van der Waals surface area (Å²) in [5, 5.41) is 3.87. The number of hydroxylamine groups is 1. The summed E-state index contributed by atoms with van der Waals surface area (Å²) in [5.74, 6) is -0.217. The molecule has 0 radical (unpaired) electrons. The zero-order valence-corrected chi connectivity index (χ0v) is 20.3. The Labute approximate surface area is 201 Å². The minimum Gasteiger partial charge on any atom is -0.455 e. The number of hydrogen-bond acceptors (Lipinski definition) is 8. The summed E-state index contributed by atoms with van der Waals surface area (Å²) in [5.41, 5.74) is 11.3. The average molecular weight is 484 g/mol. The van der Waals surface area contributed by atoms with E-state index in [1.807, 2.05) is 19.9 Å². The number of halogens is 1. The molecule has 10 heteroatoms. The van der Waals surface area contributed by atoms with Crippen LogP contribution in [0.5, 0.6) is 0 Å². The van der Waals surface area contributed by atoms with Crippen LogP contribution in [0.25, 0.3) is 16.5 Å². The first-order valence-corrected chi connectivity index (χ1v) is 10.8. The Morgan fingerprint density at radius 2 is 2.06 bits per heavy atom. The number of pyridine rings is 1. The number of carbonyl (C=O) groups excluding carboxylic acids is 1. The third-order valence-electron chi connectivity index (χ3n) is 5.21. The lowest BCUT2D eigenvalue weighted by atomic mass is 9.99. The number of nitrogens with two attached hydrogens (primary N) is 1. The third-order valence-corrected chi connectivity index (χ3v) is 5.42. The molecule has 0 fully saturated rings. The molecule has 3 rings (SSSR count). The molecule has 0 bridgehead atoms. The van der Waals surface area contributed by atoms with Crippen LogP contribution in [-0.4, -0.2) is 31.3 Å². The number of aromatic nitrogens is 1. The molecule has 2 heterocycles. The molecule has 178 valence electrons. The summed E-state index contributed by atoms with van der Waals surface area (Å²) < 4.78 is 6.24. The highest BCUT2D eigenvalue weighted by Crippen LogP contribution is 2.31. The van der Waals surface area contributed by atoms with Crippen molar-refractivity contribution in [2.45, 2.75) is 26.8 Å². The normalized spacial score (nSPS) is 12.8.